The Kier molecular flexibility index (Phi) is 7.04. The summed E-state index contributed by atoms with van der Waals surface area (Å²) >= 11 is 5.98. The quantitative estimate of drug-likeness (QED) is 0.377. The van der Waals surface area contributed by atoms with Crippen LogP contribution in [0.25, 0.3) is 10.9 Å². The van der Waals surface area contributed by atoms with Gasteiger partial charge in [0.1, 0.15) is 17.6 Å². The lowest BCUT2D eigenvalue weighted by Crippen LogP contribution is -2.16. The first-order chi connectivity index (χ1) is 16.9. The number of rotatable bonds is 7. The largest absolute Gasteiger partial charge is 0.497 e. The van der Waals surface area contributed by atoms with Gasteiger partial charge in [-0.15, -0.1) is 0 Å². The van der Waals surface area contributed by atoms with E-state index < -0.39 is 0 Å². The standard InChI is InChI=1S/C27H22ClN3O4/c1-17-23(16-26(32)30-20-7-9-21(10-8-20)35-14-13-29)24-15-22(34-2)11-12-25(24)31(17)27(33)18-3-5-19(28)6-4-18/h3-12,15H,14,16H2,1-2H3,(H,30,32). The van der Waals surface area contributed by atoms with Crippen molar-refractivity contribution in [2.75, 3.05) is 19.0 Å². The fourth-order valence-electron chi connectivity index (χ4n) is 3.91. The predicted octanol–water partition coefficient (Wildman–Crippen LogP) is 5.38. The second-order valence-corrected chi connectivity index (χ2v) is 8.23. The summed E-state index contributed by atoms with van der Waals surface area (Å²) in [6.07, 6.45) is 0.0586. The van der Waals surface area contributed by atoms with Crippen LogP contribution in [0, 0.1) is 18.3 Å². The van der Waals surface area contributed by atoms with Crippen molar-refractivity contribution in [1.29, 1.82) is 5.26 Å². The third-order valence-corrected chi connectivity index (χ3v) is 5.87. The molecule has 1 heterocycles. The number of benzene rings is 3. The average molecular weight is 488 g/mol. The molecule has 3 aromatic carbocycles. The highest BCUT2D eigenvalue weighted by Gasteiger charge is 2.22. The summed E-state index contributed by atoms with van der Waals surface area (Å²) < 4.78 is 12.2. The van der Waals surface area contributed by atoms with E-state index in [-0.39, 0.29) is 24.8 Å². The highest BCUT2D eigenvalue weighted by Crippen LogP contribution is 2.31. The molecule has 7 nitrogen and oxygen atoms in total. The Hall–Kier alpha value is -4.28. The third kappa shape index (κ3) is 5.13. The molecule has 0 saturated carbocycles. The van der Waals surface area contributed by atoms with Crippen LogP contribution in [0.4, 0.5) is 5.69 Å². The summed E-state index contributed by atoms with van der Waals surface area (Å²) in [4.78, 5) is 26.4. The molecule has 0 radical (unpaired) electrons. The van der Waals surface area contributed by atoms with Crippen LogP contribution >= 0.6 is 11.6 Å². The number of ether oxygens (including phenoxy) is 2. The minimum Gasteiger partial charge on any atom is -0.497 e. The number of carbonyl (C=O) groups is 2. The maximum Gasteiger partial charge on any atom is 0.262 e. The molecular formula is C27H22ClN3O4. The smallest absolute Gasteiger partial charge is 0.262 e. The molecule has 0 aliphatic carbocycles. The molecule has 1 N–H and O–H groups in total. The number of hydrogen-bond donors (Lipinski definition) is 1. The van der Waals surface area contributed by atoms with Crippen LogP contribution in [0.5, 0.6) is 11.5 Å². The lowest BCUT2D eigenvalue weighted by atomic mass is 10.1. The second-order valence-electron chi connectivity index (χ2n) is 7.79. The first-order valence-electron chi connectivity index (χ1n) is 10.8. The van der Waals surface area contributed by atoms with Crippen molar-refractivity contribution in [1.82, 2.24) is 4.57 Å². The van der Waals surface area contributed by atoms with Crippen LogP contribution in [0.3, 0.4) is 0 Å². The molecule has 0 aliphatic rings. The SMILES string of the molecule is COc1ccc2c(c1)c(CC(=O)Nc1ccc(OCC#N)cc1)c(C)n2C(=O)c1ccc(Cl)cc1. The second kappa shape index (κ2) is 10.3. The highest BCUT2D eigenvalue weighted by atomic mass is 35.5. The number of nitrogens with zero attached hydrogens (tertiary/aromatic N) is 2. The summed E-state index contributed by atoms with van der Waals surface area (Å²) in [6, 6.07) is 20.8. The van der Waals surface area contributed by atoms with E-state index in [1.54, 1.807) is 66.3 Å². The molecule has 0 bridgehead atoms. The average Bonchev–Trinajstić information content (AvgIpc) is 3.13. The van der Waals surface area contributed by atoms with Crippen molar-refractivity contribution < 1.29 is 19.1 Å². The van der Waals surface area contributed by atoms with E-state index in [0.29, 0.717) is 39.0 Å². The van der Waals surface area contributed by atoms with Gasteiger partial charge in [0.2, 0.25) is 5.91 Å². The summed E-state index contributed by atoms with van der Waals surface area (Å²) in [6.45, 7) is 1.78. The van der Waals surface area contributed by atoms with Gasteiger partial charge in [-0.1, -0.05) is 11.6 Å². The topological polar surface area (TPSA) is 93.3 Å². The number of nitrogens with one attached hydrogen (secondary N) is 1. The fraction of sp³-hybridized carbons (Fsp3) is 0.148. The lowest BCUT2D eigenvalue weighted by Gasteiger charge is -2.09. The van der Waals surface area contributed by atoms with Gasteiger partial charge in [0.15, 0.2) is 6.61 Å². The van der Waals surface area contributed by atoms with Crippen molar-refractivity contribution in [2.24, 2.45) is 0 Å². The number of halogens is 1. The van der Waals surface area contributed by atoms with Crippen molar-refractivity contribution in [3.05, 3.63) is 88.6 Å². The zero-order valence-corrected chi connectivity index (χ0v) is 19.9. The van der Waals surface area contributed by atoms with E-state index in [1.165, 1.54) is 0 Å². The normalized spacial score (nSPS) is 10.6. The van der Waals surface area contributed by atoms with Gasteiger partial charge in [-0.2, -0.15) is 5.26 Å². The van der Waals surface area contributed by atoms with E-state index >= 15 is 0 Å². The number of anilines is 1. The Morgan fingerprint density at radius 2 is 1.71 bits per heavy atom. The first-order valence-corrected chi connectivity index (χ1v) is 11.2. The van der Waals surface area contributed by atoms with E-state index in [4.69, 9.17) is 26.3 Å². The zero-order chi connectivity index (χ0) is 24.9. The van der Waals surface area contributed by atoms with E-state index in [2.05, 4.69) is 5.32 Å². The number of hydrogen-bond acceptors (Lipinski definition) is 5. The Balaban J connectivity index is 1.65. The predicted molar refractivity (Wildman–Crippen MR) is 134 cm³/mol. The van der Waals surface area contributed by atoms with Crippen molar-refractivity contribution in [3.8, 4) is 17.6 Å². The molecule has 0 spiro atoms. The molecule has 0 saturated heterocycles. The van der Waals surface area contributed by atoms with Crippen LogP contribution in [0.2, 0.25) is 5.02 Å². The van der Waals surface area contributed by atoms with Crippen molar-refractivity contribution >= 4 is 40.0 Å². The molecule has 4 rings (SSSR count). The van der Waals surface area contributed by atoms with Gasteiger partial charge in [0.25, 0.3) is 5.91 Å². The molecule has 8 heteroatoms. The van der Waals surface area contributed by atoms with Crippen LogP contribution in [-0.2, 0) is 11.2 Å². The number of methoxy groups -OCH3 is 1. The minimum absolute atomic E-state index is 0.0484. The van der Waals surface area contributed by atoms with Crippen LogP contribution < -0.4 is 14.8 Å². The maximum absolute atomic E-state index is 13.4. The molecule has 176 valence electrons. The molecule has 0 unspecified atom stereocenters. The number of fused-ring (bicyclic) bond motifs is 1. The number of amides is 1. The molecule has 4 aromatic rings. The van der Waals surface area contributed by atoms with Gasteiger partial charge < -0.3 is 14.8 Å². The summed E-state index contributed by atoms with van der Waals surface area (Å²) in [5.74, 6) is 0.716. The van der Waals surface area contributed by atoms with Crippen LogP contribution in [0.15, 0.2) is 66.7 Å². The minimum atomic E-state index is -0.236. The van der Waals surface area contributed by atoms with Gasteiger partial charge in [0.05, 0.1) is 19.0 Å². The van der Waals surface area contributed by atoms with Gasteiger partial charge in [-0.3, -0.25) is 14.2 Å². The number of aromatic nitrogens is 1. The Bertz CT molecular complexity index is 1430. The molecule has 0 atom stereocenters. The zero-order valence-electron chi connectivity index (χ0n) is 19.2. The monoisotopic (exact) mass is 487 g/mol. The van der Waals surface area contributed by atoms with Gasteiger partial charge in [-0.25, -0.2) is 0 Å². The lowest BCUT2D eigenvalue weighted by molar-refractivity contribution is -0.115. The number of carbonyl (C=O) groups excluding carboxylic acids is 2. The molecule has 35 heavy (non-hydrogen) atoms. The number of nitriles is 1. The Labute approximate surface area is 207 Å². The van der Waals surface area contributed by atoms with Crippen LogP contribution in [0.1, 0.15) is 21.6 Å². The molecule has 0 fully saturated rings. The van der Waals surface area contributed by atoms with Crippen molar-refractivity contribution in [2.45, 2.75) is 13.3 Å². The van der Waals surface area contributed by atoms with Gasteiger partial charge >= 0.3 is 0 Å². The molecule has 1 amide bonds. The van der Waals surface area contributed by atoms with Gasteiger partial charge in [-0.05, 0) is 79.2 Å². The van der Waals surface area contributed by atoms with E-state index in [0.717, 1.165) is 10.9 Å². The van der Waals surface area contributed by atoms with Gasteiger partial charge in [0, 0.05) is 27.4 Å². The highest BCUT2D eigenvalue weighted by molar-refractivity contribution is 6.30. The molecule has 1 aromatic heterocycles. The van der Waals surface area contributed by atoms with E-state index in [9.17, 15) is 9.59 Å². The van der Waals surface area contributed by atoms with Crippen LogP contribution in [-0.4, -0.2) is 30.1 Å². The summed E-state index contributed by atoms with van der Waals surface area (Å²) in [5, 5.41) is 12.8. The first kappa shape index (κ1) is 23.9. The Morgan fingerprint density at radius 3 is 2.37 bits per heavy atom. The molecule has 0 aliphatic heterocycles. The Morgan fingerprint density at radius 1 is 1.03 bits per heavy atom. The molecular weight excluding hydrogens is 466 g/mol. The fourth-order valence-corrected chi connectivity index (χ4v) is 4.04. The maximum atomic E-state index is 13.4. The summed E-state index contributed by atoms with van der Waals surface area (Å²) in [5.41, 5.74) is 3.16. The third-order valence-electron chi connectivity index (χ3n) is 5.61. The van der Waals surface area contributed by atoms with Crippen molar-refractivity contribution in [3.63, 3.8) is 0 Å². The summed E-state index contributed by atoms with van der Waals surface area (Å²) in [7, 11) is 1.57. The van der Waals surface area contributed by atoms with E-state index in [1.807, 2.05) is 25.1 Å².